The Morgan fingerprint density at radius 2 is 2.11 bits per heavy atom. The number of nitrogens with zero attached hydrogens (tertiary/aromatic N) is 3. The first-order valence-electron chi connectivity index (χ1n) is 9.11. The van der Waals surface area contributed by atoms with Crippen LogP contribution in [0.5, 0.6) is 0 Å². The molecule has 1 aromatic carbocycles. The molecule has 0 bridgehead atoms. The van der Waals surface area contributed by atoms with Gasteiger partial charge in [-0.25, -0.2) is 9.78 Å². The van der Waals surface area contributed by atoms with Crippen LogP contribution in [0.4, 0.5) is 10.8 Å². The summed E-state index contributed by atoms with van der Waals surface area (Å²) in [4.78, 5) is 33.3. The first-order chi connectivity index (χ1) is 13.5. The number of thiazole rings is 1. The summed E-state index contributed by atoms with van der Waals surface area (Å²) in [6, 6.07) is 5.83. The lowest BCUT2D eigenvalue weighted by Crippen LogP contribution is -2.37. The number of aromatic carboxylic acids is 1. The van der Waals surface area contributed by atoms with Gasteiger partial charge in [-0.2, -0.15) is 0 Å². The highest BCUT2D eigenvalue weighted by Gasteiger charge is 2.33. The molecule has 28 heavy (non-hydrogen) atoms. The van der Waals surface area contributed by atoms with Crippen molar-refractivity contribution in [2.24, 2.45) is 0 Å². The molecule has 1 N–H and O–H groups in total. The lowest BCUT2D eigenvalue weighted by molar-refractivity contribution is -0.118. The molecule has 9 heteroatoms. The number of morpholine rings is 1. The van der Waals surface area contributed by atoms with Crippen LogP contribution >= 0.6 is 27.3 Å². The summed E-state index contributed by atoms with van der Waals surface area (Å²) < 4.78 is 6.33. The van der Waals surface area contributed by atoms with Crippen molar-refractivity contribution >= 4 is 50.0 Å². The van der Waals surface area contributed by atoms with Gasteiger partial charge in [0.05, 0.1) is 25.3 Å². The van der Waals surface area contributed by atoms with Crippen LogP contribution in [-0.4, -0.2) is 54.3 Å². The maximum atomic E-state index is 13.1. The van der Waals surface area contributed by atoms with E-state index in [9.17, 15) is 14.7 Å². The molecule has 0 aliphatic carbocycles. The van der Waals surface area contributed by atoms with Gasteiger partial charge in [-0.05, 0) is 31.0 Å². The predicted molar refractivity (Wildman–Crippen MR) is 111 cm³/mol. The van der Waals surface area contributed by atoms with E-state index in [1.165, 1.54) is 0 Å². The van der Waals surface area contributed by atoms with E-state index in [2.05, 4.69) is 20.9 Å². The molecular formula is C19H20BrN3O4S. The van der Waals surface area contributed by atoms with E-state index < -0.39 is 5.97 Å². The molecule has 3 heterocycles. The summed E-state index contributed by atoms with van der Waals surface area (Å²) in [5, 5.41) is 10.2. The van der Waals surface area contributed by atoms with Crippen molar-refractivity contribution in [3.8, 4) is 0 Å². The van der Waals surface area contributed by atoms with Crippen LogP contribution in [0.1, 0.15) is 27.9 Å². The number of aromatic nitrogens is 1. The van der Waals surface area contributed by atoms with Crippen LogP contribution in [0, 0.1) is 0 Å². The Hall–Kier alpha value is -1.97. The molecule has 1 fully saturated rings. The molecule has 0 unspecified atom stereocenters. The zero-order valence-electron chi connectivity index (χ0n) is 15.4. The summed E-state index contributed by atoms with van der Waals surface area (Å²) >= 11 is 4.68. The quantitative estimate of drug-likeness (QED) is 0.746. The third-order valence-electron chi connectivity index (χ3n) is 5.04. The molecule has 0 radical (unpaired) electrons. The third kappa shape index (κ3) is 3.54. The zero-order valence-corrected chi connectivity index (χ0v) is 17.8. The third-order valence-corrected chi connectivity index (χ3v) is 6.93. The summed E-state index contributed by atoms with van der Waals surface area (Å²) in [6.07, 6.45) is 0.739. The van der Waals surface area contributed by atoms with Crippen molar-refractivity contribution in [1.29, 1.82) is 0 Å². The van der Waals surface area contributed by atoms with Gasteiger partial charge in [-0.3, -0.25) is 4.79 Å². The van der Waals surface area contributed by atoms with Crippen molar-refractivity contribution < 1.29 is 19.4 Å². The number of carboxylic acids is 1. The molecule has 2 aliphatic heterocycles. The minimum Gasteiger partial charge on any atom is -0.477 e. The summed E-state index contributed by atoms with van der Waals surface area (Å²) in [7, 11) is 0. The highest BCUT2D eigenvalue weighted by Crippen LogP contribution is 2.37. The second-order valence-electron chi connectivity index (χ2n) is 6.91. The molecule has 0 spiro atoms. The van der Waals surface area contributed by atoms with Crippen LogP contribution in [0.2, 0.25) is 0 Å². The number of anilines is 2. The van der Waals surface area contributed by atoms with Crippen molar-refractivity contribution in [3.05, 3.63) is 38.8 Å². The monoisotopic (exact) mass is 465 g/mol. The number of ether oxygens (including phenoxy) is 1. The van der Waals surface area contributed by atoms with Crippen LogP contribution in [0.15, 0.2) is 22.7 Å². The number of hydrogen-bond donors (Lipinski definition) is 1. The van der Waals surface area contributed by atoms with Gasteiger partial charge in [0, 0.05) is 29.3 Å². The second-order valence-corrected chi connectivity index (χ2v) is 8.74. The Morgan fingerprint density at radius 1 is 1.36 bits per heavy atom. The van der Waals surface area contributed by atoms with Gasteiger partial charge < -0.3 is 19.6 Å². The Labute approximate surface area is 175 Å². The number of hydrogen-bond acceptors (Lipinski definition) is 6. The van der Waals surface area contributed by atoms with Crippen molar-refractivity contribution in [2.45, 2.75) is 25.8 Å². The number of amides is 1. The number of rotatable bonds is 4. The number of fused-ring (bicyclic) bond motifs is 1. The van der Waals surface area contributed by atoms with E-state index in [0.717, 1.165) is 33.5 Å². The van der Waals surface area contributed by atoms with Crippen LogP contribution in [-0.2, 0) is 22.4 Å². The summed E-state index contributed by atoms with van der Waals surface area (Å²) in [5.74, 6) is -1.18. The highest BCUT2D eigenvalue weighted by atomic mass is 79.9. The minimum absolute atomic E-state index is 0.0202. The van der Waals surface area contributed by atoms with Gasteiger partial charge >= 0.3 is 5.97 Å². The number of carbonyl (C=O) groups is 2. The lowest BCUT2D eigenvalue weighted by Gasteiger charge is -2.26. The fraction of sp³-hybridized carbons (Fsp3) is 0.421. The van der Waals surface area contributed by atoms with E-state index in [0.29, 0.717) is 37.1 Å². The van der Waals surface area contributed by atoms with Gasteiger partial charge in [-0.1, -0.05) is 33.3 Å². The fourth-order valence-electron chi connectivity index (χ4n) is 3.72. The van der Waals surface area contributed by atoms with E-state index in [1.807, 2.05) is 30.0 Å². The molecule has 0 saturated carbocycles. The summed E-state index contributed by atoms with van der Waals surface area (Å²) in [6.45, 7) is 4.53. The number of benzene rings is 1. The first-order valence-corrected chi connectivity index (χ1v) is 10.7. The molecule has 148 valence electrons. The average Bonchev–Trinajstić information content (AvgIpc) is 3.24. The highest BCUT2D eigenvalue weighted by molar-refractivity contribution is 9.10. The SMILES string of the molecule is C[C@@H]1Cc2c(Br)cccc2N1C(=O)Cc1nc(N2CCOCC2)sc1C(=O)O. The number of halogens is 1. The Balaban J connectivity index is 1.60. The van der Waals surface area contributed by atoms with E-state index >= 15 is 0 Å². The van der Waals surface area contributed by atoms with Crippen LogP contribution < -0.4 is 9.80 Å². The minimum atomic E-state index is -1.04. The Kier molecular flexibility index (Phi) is 5.39. The van der Waals surface area contributed by atoms with Gasteiger partial charge in [-0.15, -0.1) is 0 Å². The molecular weight excluding hydrogens is 446 g/mol. The van der Waals surface area contributed by atoms with E-state index in [4.69, 9.17) is 4.74 Å². The number of carboxylic acid groups (broad SMARTS) is 1. The van der Waals surface area contributed by atoms with E-state index in [-0.39, 0.29) is 23.2 Å². The van der Waals surface area contributed by atoms with Crippen molar-refractivity contribution in [2.75, 3.05) is 36.1 Å². The molecule has 2 aromatic rings. The largest absolute Gasteiger partial charge is 0.477 e. The number of carbonyl (C=O) groups excluding carboxylic acids is 1. The van der Waals surface area contributed by atoms with Crippen LogP contribution in [0.3, 0.4) is 0 Å². The molecule has 2 aliphatic rings. The van der Waals surface area contributed by atoms with Crippen molar-refractivity contribution in [1.82, 2.24) is 4.98 Å². The molecule has 4 rings (SSSR count). The molecule has 1 atom stereocenters. The predicted octanol–water partition coefficient (Wildman–Crippen LogP) is 2.96. The molecule has 1 aromatic heterocycles. The molecule has 1 amide bonds. The average molecular weight is 466 g/mol. The topological polar surface area (TPSA) is 83.0 Å². The summed E-state index contributed by atoms with van der Waals surface area (Å²) in [5.41, 5.74) is 2.32. The maximum absolute atomic E-state index is 13.1. The van der Waals surface area contributed by atoms with Crippen LogP contribution in [0.25, 0.3) is 0 Å². The standard InChI is InChI=1S/C19H20BrN3O4S/c1-11-9-12-13(20)3-2-4-15(12)23(11)16(24)10-14-17(18(25)26)28-19(21-14)22-5-7-27-8-6-22/h2-4,11H,5-10H2,1H3,(H,25,26)/t11-/m1/s1. The Bertz CT molecular complexity index is 926. The van der Waals surface area contributed by atoms with Gasteiger partial charge in [0.15, 0.2) is 5.13 Å². The molecule has 1 saturated heterocycles. The van der Waals surface area contributed by atoms with Gasteiger partial charge in [0.1, 0.15) is 4.88 Å². The second kappa shape index (κ2) is 7.81. The van der Waals surface area contributed by atoms with Gasteiger partial charge in [0.2, 0.25) is 5.91 Å². The normalized spacial score (nSPS) is 19.0. The van der Waals surface area contributed by atoms with Gasteiger partial charge in [0.25, 0.3) is 0 Å². The smallest absolute Gasteiger partial charge is 0.347 e. The van der Waals surface area contributed by atoms with E-state index in [1.54, 1.807) is 4.90 Å². The maximum Gasteiger partial charge on any atom is 0.347 e. The Morgan fingerprint density at radius 3 is 2.82 bits per heavy atom. The fourth-order valence-corrected chi connectivity index (χ4v) is 5.21. The first kappa shape index (κ1) is 19.4. The lowest BCUT2D eigenvalue weighted by atomic mass is 10.1. The zero-order chi connectivity index (χ0) is 19.8. The van der Waals surface area contributed by atoms with Crippen molar-refractivity contribution in [3.63, 3.8) is 0 Å². The molecule has 7 nitrogen and oxygen atoms in total.